The van der Waals surface area contributed by atoms with E-state index in [0.717, 1.165) is 32.5 Å². The summed E-state index contributed by atoms with van der Waals surface area (Å²) in [6, 6.07) is 17.7. The normalized spacial score (nSPS) is 15.1. The molecule has 2 aromatic carbocycles. The molecule has 0 atom stereocenters. The van der Waals surface area contributed by atoms with Gasteiger partial charge in [-0.3, -0.25) is 9.69 Å². The molecule has 3 aromatic rings. The molecule has 156 valence electrons. The second-order valence-electron chi connectivity index (χ2n) is 7.44. The van der Waals surface area contributed by atoms with Crippen molar-refractivity contribution in [2.45, 2.75) is 25.4 Å². The number of anilines is 1. The summed E-state index contributed by atoms with van der Waals surface area (Å²) < 4.78 is 19.0. The molecule has 1 aromatic heterocycles. The highest BCUT2D eigenvalue weighted by molar-refractivity contribution is 7.09. The van der Waals surface area contributed by atoms with Gasteiger partial charge in [-0.2, -0.15) is 0 Å². The highest BCUT2D eigenvalue weighted by Crippen LogP contribution is 2.29. The number of methoxy groups -OCH3 is 1. The van der Waals surface area contributed by atoms with Crippen LogP contribution in [-0.2, 0) is 6.54 Å². The maximum absolute atomic E-state index is 13.6. The van der Waals surface area contributed by atoms with E-state index in [-0.39, 0.29) is 17.8 Å². The molecule has 1 aliphatic rings. The first-order valence-electron chi connectivity index (χ1n) is 10.1. The Morgan fingerprint density at radius 1 is 1.10 bits per heavy atom. The number of halogens is 1. The third-order valence-corrected chi connectivity index (χ3v) is 6.40. The van der Waals surface area contributed by atoms with Gasteiger partial charge in [0.15, 0.2) is 0 Å². The Labute approximate surface area is 180 Å². The minimum Gasteiger partial charge on any atom is -0.496 e. The van der Waals surface area contributed by atoms with E-state index in [2.05, 4.69) is 22.4 Å². The Balaban J connectivity index is 1.57. The van der Waals surface area contributed by atoms with Crippen LogP contribution >= 0.6 is 11.3 Å². The van der Waals surface area contributed by atoms with Gasteiger partial charge in [-0.05, 0) is 60.7 Å². The van der Waals surface area contributed by atoms with Crippen molar-refractivity contribution < 1.29 is 13.9 Å². The number of carbonyl (C=O) groups excluding carboxylic acids is 1. The van der Waals surface area contributed by atoms with E-state index in [1.54, 1.807) is 42.7 Å². The van der Waals surface area contributed by atoms with E-state index >= 15 is 0 Å². The Hall–Kier alpha value is -2.70. The number of likely N-dealkylation sites (tertiary alicyclic amines) is 1. The molecule has 30 heavy (non-hydrogen) atoms. The minimum atomic E-state index is -0.311. The molecule has 0 radical (unpaired) electrons. The summed E-state index contributed by atoms with van der Waals surface area (Å²) in [6.07, 6.45) is 1.73. The van der Waals surface area contributed by atoms with Crippen molar-refractivity contribution in [1.29, 1.82) is 0 Å². The van der Waals surface area contributed by atoms with Crippen molar-refractivity contribution in [2.24, 2.45) is 0 Å². The van der Waals surface area contributed by atoms with Crippen molar-refractivity contribution in [2.75, 3.05) is 25.1 Å². The van der Waals surface area contributed by atoms with Crippen molar-refractivity contribution in [1.82, 2.24) is 4.90 Å². The molecule has 0 saturated carbocycles. The summed E-state index contributed by atoms with van der Waals surface area (Å²) in [5, 5.41) is 2.10. The topological polar surface area (TPSA) is 32.8 Å². The lowest BCUT2D eigenvalue weighted by atomic mass is 10.0. The van der Waals surface area contributed by atoms with Crippen molar-refractivity contribution in [3.63, 3.8) is 0 Å². The fourth-order valence-electron chi connectivity index (χ4n) is 4.01. The Bertz CT molecular complexity index is 967. The van der Waals surface area contributed by atoms with Crippen LogP contribution < -0.4 is 9.64 Å². The number of nitrogens with zero attached hydrogens (tertiary/aromatic N) is 2. The summed E-state index contributed by atoms with van der Waals surface area (Å²) in [6.45, 7) is 2.78. The molecule has 2 heterocycles. The molecule has 1 aliphatic heterocycles. The molecule has 0 spiro atoms. The van der Waals surface area contributed by atoms with Crippen LogP contribution in [0.15, 0.2) is 66.0 Å². The number of benzene rings is 2. The monoisotopic (exact) mass is 424 g/mol. The smallest absolute Gasteiger partial charge is 0.262 e. The van der Waals surface area contributed by atoms with Gasteiger partial charge in [-0.25, -0.2) is 4.39 Å². The molecule has 0 N–H and O–H groups in total. The van der Waals surface area contributed by atoms with Crippen LogP contribution in [0, 0.1) is 5.82 Å². The van der Waals surface area contributed by atoms with Crippen molar-refractivity contribution in [3.05, 3.63) is 82.3 Å². The lowest BCUT2D eigenvalue weighted by molar-refractivity contribution is 0.0956. The average Bonchev–Trinajstić information content (AvgIpc) is 3.29. The van der Waals surface area contributed by atoms with Crippen molar-refractivity contribution in [3.8, 4) is 5.75 Å². The van der Waals surface area contributed by atoms with Gasteiger partial charge in [0.1, 0.15) is 11.6 Å². The molecule has 0 aliphatic carbocycles. The summed E-state index contributed by atoms with van der Waals surface area (Å²) in [5.41, 5.74) is 1.23. The van der Waals surface area contributed by atoms with Crippen LogP contribution in [0.4, 0.5) is 10.1 Å². The number of para-hydroxylation sites is 1. The predicted octanol–water partition coefficient (Wildman–Crippen LogP) is 5.21. The summed E-state index contributed by atoms with van der Waals surface area (Å²) in [5.74, 6) is 0.120. The molecule has 0 bridgehead atoms. The zero-order valence-electron chi connectivity index (χ0n) is 17.0. The highest BCUT2D eigenvalue weighted by Gasteiger charge is 2.31. The van der Waals surface area contributed by atoms with Gasteiger partial charge >= 0.3 is 0 Å². The van der Waals surface area contributed by atoms with Crippen LogP contribution in [-0.4, -0.2) is 37.0 Å². The zero-order valence-corrected chi connectivity index (χ0v) is 17.8. The molecule has 0 unspecified atom stereocenters. The third kappa shape index (κ3) is 4.55. The maximum atomic E-state index is 13.6. The highest BCUT2D eigenvalue weighted by atomic mass is 32.1. The third-order valence-electron chi connectivity index (χ3n) is 5.54. The predicted molar refractivity (Wildman–Crippen MR) is 119 cm³/mol. The zero-order chi connectivity index (χ0) is 20.9. The van der Waals surface area contributed by atoms with Gasteiger partial charge in [0, 0.05) is 36.2 Å². The molecule has 1 amide bonds. The number of ether oxygens (including phenoxy) is 1. The molecule has 1 saturated heterocycles. The van der Waals surface area contributed by atoms with Gasteiger partial charge in [-0.1, -0.05) is 18.2 Å². The van der Waals surface area contributed by atoms with E-state index in [4.69, 9.17) is 4.74 Å². The molecule has 4 nitrogen and oxygen atoms in total. The molecular formula is C24H25FN2O2S. The van der Waals surface area contributed by atoms with Crippen LogP contribution in [0.25, 0.3) is 0 Å². The largest absolute Gasteiger partial charge is 0.496 e. The quantitative estimate of drug-likeness (QED) is 0.545. The Kier molecular flexibility index (Phi) is 6.45. The number of piperidine rings is 1. The number of carbonyl (C=O) groups is 1. The molecule has 4 rings (SSSR count). The SMILES string of the molecule is COc1ccccc1C(=O)N(c1ccc(F)cc1)C1CCN(Cc2cccs2)CC1. The van der Waals surface area contributed by atoms with E-state index in [9.17, 15) is 9.18 Å². The first-order chi connectivity index (χ1) is 14.7. The van der Waals surface area contributed by atoms with Gasteiger partial charge in [0.05, 0.1) is 12.7 Å². The van der Waals surface area contributed by atoms with E-state index < -0.39 is 0 Å². The fourth-order valence-corrected chi connectivity index (χ4v) is 4.75. The fraction of sp³-hybridized carbons (Fsp3) is 0.292. The van der Waals surface area contributed by atoms with Gasteiger partial charge in [0.2, 0.25) is 0 Å². The second kappa shape index (κ2) is 9.41. The maximum Gasteiger partial charge on any atom is 0.262 e. The first-order valence-corrected chi connectivity index (χ1v) is 11.0. The van der Waals surface area contributed by atoms with Crippen LogP contribution in [0.1, 0.15) is 28.1 Å². The lowest BCUT2D eigenvalue weighted by Crippen LogP contribution is -2.47. The lowest BCUT2D eigenvalue weighted by Gasteiger charge is -2.38. The number of amides is 1. The van der Waals surface area contributed by atoms with Crippen molar-refractivity contribution >= 4 is 22.9 Å². The van der Waals surface area contributed by atoms with Crippen LogP contribution in [0.5, 0.6) is 5.75 Å². The first kappa shape index (κ1) is 20.6. The minimum absolute atomic E-state index is 0.0486. The number of hydrogen-bond donors (Lipinski definition) is 0. The van der Waals surface area contributed by atoms with E-state index in [1.165, 1.54) is 17.0 Å². The summed E-state index contributed by atoms with van der Waals surface area (Å²) >= 11 is 1.77. The van der Waals surface area contributed by atoms with Crippen LogP contribution in [0.3, 0.4) is 0 Å². The Morgan fingerprint density at radius 2 is 1.83 bits per heavy atom. The number of thiophene rings is 1. The molecule has 6 heteroatoms. The van der Waals surface area contributed by atoms with E-state index in [1.807, 2.05) is 17.0 Å². The number of rotatable bonds is 6. The van der Waals surface area contributed by atoms with E-state index in [0.29, 0.717) is 17.0 Å². The summed E-state index contributed by atoms with van der Waals surface area (Å²) in [7, 11) is 1.57. The van der Waals surface area contributed by atoms with Gasteiger partial charge < -0.3 is 9.64 Å². The van der Waals surface area contributed by atoms with Gasteiger partial charge in [0.25, 0.3) is 5.91 Å². The second-order valence-corrected chi connectivity index (χ2v) is 8.47. The summed E-state index contributed by atoms with van der Waals surface area (Å²) in [4.78, 5) is 19.2. The number of hydrogen-bond acceptors (Lipinski definition) is 4. The van der Waals surface area contributed by atoms with Gasteiger partial charge in [-0.15, -0.1) is 11.3 Å². The average molecular weight is 425 g/mol. The standard InChI is InChI=1S/C24H25FN2O2S/c1-29-23-7-3-2-6-22(23)24(28)27(19-10-8-18(25)9-11-19)20-12-14-26(15-13-20)17-21-5-4-16-30-21/h2-11,16,20H,12-15,17H2,1H3. The van der Waals surface area contributed by atoms with Crippen LogP contribution in [0.2, 0.25) is 0 Å². The Morgan fingerprint density at radius 3 is 2.50 bits per heavy atom. The molecular weight excluding hydrogens is 399 g/mol. The molecule has 1 fully saturated rings.